The van der Waals surface area contributed by atoms with Crippen LogP contribution in [0.3, 0.4) is 0 Å². The molecule has 2 aromatic carbocycles. The number of rotatable bonds is 7. The van der Waals surface area contributed by atoms with Crippen molar-refractivity contribution in [1.29, 1.82) is 0 Å². The smallest absolute Gasteiger partial charge is 0.258 e. The van der Waals surface area contributed by atoms with Crippen molar-refractivity contribution in [2.45, 2.75) is 44.8 Å². The zero-order chi connectivity index (χ0) is 19.3. The van der Waals surface area contributed by atoms with Crippen LogP contribution in [-0.2, 0) is 4.79 Å². The molecule has 0 aromatic heterocycles. The minimum atomic E-state index is -0.254. The molecule has 5 nitrogen and oxygen atoms in total. The van der Waals surface area contributed by atoms with Gasteiger partial charge in [0.25, 0.3) is 5.91 Å². The summed E-state index contributed by atoms with van der Waals surface area (Å²) in [5.41, 5.74) is 0.760. The van der Waals surface area contributed by atoms with Crippen LogP contribution in [0, 0.1) is 0 Å². The first-order valence-corrected chi connectivity index (χ1v) is 9.44. The third-order valence-electron chi connectivity index (χ3n) is 5.25. The Morgan fingerprint density at radius 1 is 1.11 bits per heavy atom. The molecule has 1 aliphatic rings. The molecule has 1 heterocycles. The summed E-state index contributed by atoms with van der Waals surface area (Å²) in [4.78, 5) is 12.6. The molecule has 0 spiro atoms. The van der Waals surface area contributed by atoms with Gasteiger partial charge in [0, 0.05) is 12.0 Å². The van der Waals surface area contributed by atoms with Crippen molar-refractivity contribution in [2.75, 3.05) is 13.7 Å². The molecule has 0 radical (unpaired) electrons. The predicted octanol–water partition coefficient (Wildman–Crippen LogP) is 4.27. The van der Waals surface area contributed by atoms with E-state index < -0.39 is 0 Å². The van der Waals surface area contributed by atoms with Crippen molar-refractivity contribution < 1.29 is 19.0 Å². The first-order valence-electron chi connectivity index (χ1n) is 9.44. The van der Waals surface area contributed by atoms with E-state index in [0.29, 0.717) is 11.5 Å². The number of ether oxygens (including phenoxy) is 3. The number of para-hydroxylation sites is 3. The Morgan fingerprint density at radius 3 is 2.48 bits per heavy atom. The molecule has 5 heteroatoms. The quantitative estimate of drug-likeness (QED) is 0.792. The van der Waals surface area contributed by atoms with Gasteiger partial charge in [0.1, 0.15) is 11.4 Å². The molecular weight excluding hydrogens is 342 g/mol. The topological polar surface area (TPSA) is 56.8 Å². The van der Waals surface area contributed by atoms with Crippen molar-refractivity contribution >= 4 is 5.91 Å². The molecule has 27 heavy (non-hydrogen) atoms. The zero-order valence-corrected chi connectivity index (χ0v) is 16.2. The highest BCUT2D eigenvalue weighted by Crippen LogP contribution is 2.42. The number of fused-ring (bicyclic) bond motifs is 1. The highest BCUT2D eigenvalue weighted by atomic mass is 16.5. The van der Waals surface area contributed by atoms with E-state index in [1.807, 2.05) is 36.4 Å². The molecule has 3 rings (SSSR count). The number of methoxy groups -OCH3 is 1. The number of benzene rings is 2. The van der Waals surface area contributed by atoms with Crippen LogP contribution in [0.2, 0.25) is 0 Å². The van der Waals surface area contributed by atoms with Gasteiger partial charge >= 0.3 is 0 Å². The van der Waals surface area contributed by atoms with Crippen LogP contribution in [-0.4, -0.2) is 25.2 Å². The van der Waals surface area contributed by atoms with E-state index in [0.717, 1.165) is 30.6 Å². The zero-order valence-electron chi connectivity index (χ0n) is 16.2. The summed E-state index contributed by atoms with van der Waals surface area (Å²) in [6.07, 6.45) is 2.53. The van der Waals surface area contributed by atoms with Gasteiger partial charge in [-0.05, 0) is 31.0 Å². The normalized spacial score (nSPS) is 17.4. The van der Waals surface area contributed by atoms with E-state index >= 15 is 0 Å². The molecular formula is C22H27NO4. The SMILES string of the molecule is CCC1(CC)CC(NC(=O)COc2ccccc2OC)c2ccccc2O1. The molecule has 1 amide bonds. The van der Waals surface area contributed by atoms with Gasteiger partial charge in [-0.15, -0.1) is 0 Å². The van der Waals surface area contributed by atoms with Gasteiger partial charge in [0.2, 0.25) is 0 Å². The van der Waals surface area contributed by atoms with Crippen molar-refractivity contribution in [2.24, 2.45) is 0 Å². The standard InChI is InChI=1S/C22H27NO4/c1-4-22(5-2)14-17(16-10-6-7-11-18(16)27-22)23-21(24)15-26-20-13-9-8-12-19(20)25-3/h6-13,17H,4-5,14-15H2,1-3H3,(H,23,24). The Morgan fingerprint density at radius 2 is 1.78 bits per heavy atom. The van der Waals surface area contributed by atoms with Crippen LogP contribution in [0.25, 0.3) is 0 Å². The third kappa shape index (κ3) is 4.18. The van der Waals surface area contributed by atoms with Gasteiger partial charge < -0.3 is 19.5 Å². The summed E-state index contributed by atoms with van der Waals surface area (Å²) in [5.74, 6) is 1.85. The van der Waals surface area contributed by atoms with Gasteiger partial charge in [-0.2, -0.15) is 0 Å². The summed E-state index contributed by atoms with van der Waals surface area (Å²) in [5, 5.41) is 3.12. The Balaban J connectivity index is 1.71. The second-order valence-corrected chi connectivity index (χ2v) is 6.79. The van der Waals surface area contributed by atoms with Crippen molar-refractivity contribution in [3.05, 3.63) is 54.1 Å². The maximum absolute atomic E-state index is 12.6. The molecule has 0 fully saturated rings. The fraction of sp³-hybridized carbons (Fsp3) is 0.409. The Bertz CT molecular complexity index is 785. The summed E-state index contributed by atoms with van der Waals surface area (Å²) < 4.78 is 17.2. The number of carbonyl (C=O) groups is 1. The van der Waals surface area contributed by atoms with Crippen LogP contribution >= 0.6 is 0 Å². The van der Waals surface area contributed by atoms with Gasteiger partial charge in [-0.3, -0.25) is 4.79 Å². The van der Waals surface area contributed by atoms with E-state index in [1.54, 1.807) is 19.2 Å². The predicted molar refractivity (Wildman–Crippen MR) is 104 cm³/mol. The fourth-order valence-electron chi connectivity index (χ4n) is 3.55. The van der Waals surface area contributed by atoms with Gasteiger partial charge in [0.05, 0.1) is 13.2 Å². The van der Waals surface area contributed by atoms with Gasteiger partial charge in [-0.1, -0.05) is 44.2 Å². The Kier molecular flexibility index (Phi) is 5.89. The first kappa shape index (κ1) is 19.1. The summed E-state index contributed by atoms with van der Waals surface area (Å²) >= 11 is 0. The Hall–Kier alpha value is -2.69. The monoisotopic (exact) mass is 369 g/mol. The molecule has 0 bridgehead atoms. The highest BCUT2D eigenvalue weighted by Gasteiger charge is 2.38. The largest absolute Gasteiger partial charge is 0.493 e. The first-order chi connectivity index (χ1) is 13.1. The maximum Gasteiger partial charge on any atom is 0.258 e. The van der Waals surface area contributed by atoms with E-state index in [1.165, 1.54) is 0 Å². The lowest BCUT2D eigenvalue weighted by atomic mass is 9.83. The lowest BCUT2D eigenvalue weighted by Gasteiger charge is -2.41. The minimum absolute atomic E-state index is 0.0643. The van der Waals surface area contributed by atoms with E-state index in [-0.39, 0.29) is 24.2 Å². The molecule has 144 valence electrons. The van der Waals surface area contributed by atoms with Crippen LogP contribution < -0.4 is 19.5 Å². The minimum Gasteiger partial charge on any atom is -0.493 e. The number of hydrogen-bond donors (Lipinski definition) is 1. The molecule has 0 saturated carbocycles. The van der Waals surface area contributed by atoms with Gasteiger partial charge in [0.15, 0.2) is 18.1 Å². The number of carbonyl (C=O) groups excluding carboxylic acids is 1. The van der Waals surface area contributed by atoms with Crippen molar-refractivity contribution in [1.82, 2.24) is 5.32 Å². The molecule has 0 aliphatic carbocycles. The third-order valence-corrected chi connectivity index (χ3v) is 5.25. The van der Waals surface area contributed by atoms with E-state index in [2.05, 4.69) is 19.2 Å². The second kappa shape index (κ2) is 8.33. The van der Waals surface area contributed by atoms with Crippen LogP contribution in [0.15, 0.2) is 48.5 Å². The van der Waals surface area contributed by atoms with Crippen molar-refractivity contribution in [3.63, 3.8) is 0 Å². The molecule has 1 aliphatic heterocycles. The molecule has 1 atom stereocenters. The number of hydrogen-bond acceptors (Lipinski definition) is 4. The van der Waals surface area contributed by atoms with E-state index in [4.69, 9.17) is 14.2 Å². The van der Waals surface area contributed by atoms with E-state index in [9.17, 15) is 4.79 Å². The second-order valence-electron chi connectivity index (χ2n) is 6.79. The lowest BCUT2D eigenvalue weighted by molar-refractivity contribution is -0.124. The molecule has 2 aromatic rings. The Labute approximate surface area is 160 Å². The summed E-state index contributed by atoms with van der Waals surface area (Å²) in [6, 6.07) is 15.1. The summed E-state index contributed by atoms with van der Waals surface area (Å²) in [7, 11) is 1.58. The average molecular weight is 369 g/mol. The van der Waals surface area contributed by atoms with Crippen molar-refractivity contribution in [3.8, 4) is 17.2 Å². The number of amides is 1. The molecule has 0 saturated heterocycles. The lowest BCUT2D eigenvalue weighted by Crippen LogP contribution is -2.45. The maximum atomic E-state index is 12.6. The summed E-state index contributed by atoms with van der Waals surface area (Å²) in [6.45, 7) is 4.19. The fourth-order valence-corrected chi connectivity index (χ4v) is 3.55. The van der Waals surface area contributed by atoms with Crippen LogP contribution in [0.1, 0.15) is 44.7 Å². The highest BCUT2D eigenvalue weighted by molar-refractivity contribution is 5.78. The molecule has 1 N–H and O–H groups in total. The van der Waals surface area contributed by atoms with Crippen LogP contribution in [0.5, 0.6) is 17.2 Å². The van der Waals surface area contributed by atoms with Gasteiger partial charge in [-0.25, -0.2) is 0 Å². The average Bonchev–Trinajstić information content (AvgIpc) is 2.72. The molecule has 1 unspecified atom stereocenters. The van der Waals surface area contributed by atoms with Crippen LogP contribution in [0.4, 0.5) is 0 Å². The number of nitrogens with one attached hydrogen (secondary N) is 1.